The van der Waals surface area contributed by atoms with E-state index < -0.39 is 5.91 Å². The highest BCUT2D eigenvalue weighted by Gasteiger charge is 2.11. The first kappa shape index (κ1) is 21.8. The zero-order valence-corrected chi connectivity index (χ0v) is 17.8. The predicted molar refractivity (Wildman–Crippen MR) is 116 cm³/mol. The van der Waals surface area contributed by atoms with E-state index in [1.165, 1.54) is 12.3 Å². The Bertz CT molecular complexity index is 1120. The van der Waals surface area contributed by atoms with Crippen LogP contribution in [0.25, 0.3) is 6.08 Å². The summed E-state index contributed by atoms with van der Waals surface area (Å²) in [7, 11) is 0. The molecule has 1 aromatic heterocycles. The topological polar surface area (TPSA) is 75.3 Å². The van der Waals surface area contributed by atoms with Crippen molar-refractivity contribution in [2.45, 2.75) is 13.2 Å². The lowest BCUT2D eigenvalue weighted by Crippen LogP contribution is -2.23. The summed E-state index contributed by atoms with van der Waals surface area (Å²) < 4.78 is 10.9. The van der Waals surface area contributed by atoms with E-state index in [1.807, 2.05) is 6.07 Å². The van der Waals surface area contributed by atoms with Gasteiger partial charge in [0.15, 0.2) is 0 Å². The van der Waals surface area contributed by atoms with Gasteiger partial charge < -0.3 is 14.5 Å². The average Bonchev–Trinajstić information content (AvgIpc) is 3.24. The molecule has 2 aromatic carbocycles. The molecule has 0 aliphatic rings. The second-order valence-corrected chi connectivity index (χ2v) is 7.40. The fraction of sp³-hybridized carbons (Fsp3) is 0.0909. The van der Waals surface area contributed by atoms with Crippen molar-refractivity contribution < 1.29 is 13.9 Å². The van der Waals surface area contributed by atoms with E-state index in [0.29, 0.717) is 32.1 Å². The fourth-order valence-electron chi connectivity index (χ4n) is 2.51. The Labute approximate surface area is 188 Å². The molecule has 0 bridgehead atoms. The summed E-state index contributed by atoms with van der Waals surface area (Å²) in [4.78, 5) is 12.2. The molecule has 0 saturated carbocycles. The second kappa shape index (κ2) is 10.2. The number of nitriles is 1. The van der Waals surface area contributed by atoms with Crippen molar-refractivity contribution in [2.75, 3.05) is 0 Å². The summed E-state index contributed by atoms with van der Waals surface area (Å²) in [5, 5.41) is 13.3. The van der Waals surface area contributed by atoms with Gasteiger partial charge in [-0.05, 0) is 48.0 Å². The molecule has 1 heterocycles. The van der Waals surface area contributed by atoms with Gasteiger partial charge in [-0.2, -0.15) is 5.26 Å². The molecule has 152 valence electrons. The molecule has 0 aliphatic carbocycles. The number of nitrogens with one attached hydrogen (secondary N) is 1. The van der Waals surface area contributed by atoms with Gasteiger partial charge in [-0.3, -0.25) is 4.79 Å². The van der Waals surface area contributed by atoms with Crippen LogP contribution < -0.4 is 10.1 Å². The van der Waals surface area contributed by atoms with Crippen LogP contribution in [0.5, 0.6) is 5.75 Å². The van der Waals surface area contributed by atoms with Gasteiger partial charge >= 0.3 is 0 Å². The van der Waals surface area contributed by atoms with Crippen LogP contribution in [0.15, 0.2) is 64.8 Å². The van der Waals surface area contributed by atoms with Crippen LogP contribution in [0.4, 0.5) is 0 Å². The number of rotatable bonds is 7. The minimum absolute atomic E-state index is 0.0563. The van der Waals surface area contributed by atoms with Gasteiger partial charge in [-0.15, -0.1) is 0 Å². The molecule has 1 amide bonds. The normalized spacial score (nSPS) is 11.1. The molecule has 0 aliphatic heterocycles. The van der Waals surface area contributed by atoms with Crippen molar-refractivity contribution >= 4 is 46.8 Å². The van der Waals surface area contributed by atoms with Crippen molar-refractivity contribution in [2.24, 2.45) is 0 Å². The standard InChI is InChI=1S/C22H15Cl3N2O3/c23-17-5-4-15(19(24)10-17)13-30-21-6-3-14(9-20(21)25)8-16(11-26)22(28)27-12-18-2-1-7-29-18/h1-10H,12-13H2,(H,27,28). The van der Waals surface area contributed by atoms with E-state index in [0.717, 1.165) is 5.56 Å². The van der Waals surface area contributed by atoms with Crippen molar-refractivity contribution in [3.8, 4) is 11.8 Å². The van der Waals surface area contributed by atoms with Crippen LogP contribution in [0.2, 0.25) is 15.1 Å². The van der Waals surface area contributed by atoms with Crippen molar-refractivity contribution in [3.63, 3.8) is 0 Å². The van der Waals surface area contributed by atoms with E-state index in [-0.39, 0.29) is 18.7 Å². The van der Waals surface area contributed by atoms with Crippen molar-refractivity contribution in [1.29, 1.82) is 5.26 Å². The number of carbonyl (C=O) groups excluding carboxylic acids is 1. The van der Waals surface area contributed by atoms with Crippen LogP contribution in [0, 0.1) is 11.3 Å². The van der Waals surface area contributed by atoms with Gasteiger partial charge in [-0.25, -0.2) is 0 Å². The van der Waals surface area contributed by atoms with E-state index in [4.69, 9.17) is 44.0 Å². The summed E-state index contributed by atoms with van der Waals surface area (Å²) in [6, 6.07) is 15.4. The Morgan fingerprint density at radius 2 is 1.97 bits per heavy atom. The lowest BCUT2D eigenvalue weighted by molar-refractivity contribution is -0.117. The molecule has 0 radical (unpaired) electrons. The first-order valence-corrected chi connectivity index (χ1v) is 9.88. The third-order valence-corrected chi connectivity index (χ3v) is 4.92. The molecule has 5 nitrogen and oxygen atoms in total. The molecular weight excluding hydrogens is 447 g/mol. The number of halogens is 3. The van der Waals surface area contributed by atoms with Gasteiger partial charge in [-0.1, -0.05) is 46.9 Å². The molecule has 0 unspecified atom stereocenters. The number of furan rings is 1. The minimum Gasteiger partial charge on any atom is -0.487 e. The van der Waals surface area contributed by atoms with Gasteiger partial charge in [0.05, 0.1) is 17.8 Å². The van der Waals surface area contributed by atoms with Crippen molar-refractivity contribution in [3.05, 3.63) is 92.3 Å². The van der Waals surface area contributed by atoms with Crippen LogP contribution in [-0.4, -0.2) is 5.91 Å². The number of benzene rings is 2. The van der Waals surface area contributed by atoms with E-state index in [9.17, 15) is 10.1 Å². The van der Waals surface area contributed by atoms with Crippen LogP contribution in [-0.2, 0) is 17.9 Å². The van der Waals surface area contributed by atoms with Crippen LogP contribution in [0.1, 0.15) is 16.9 Å². The average molecular weight is 462 g/mol. The summed E-state index contributed by atoms with van der Waals surface area (Å²) >= 11 is 18.3. The fourth-order valence-corrected chi connectivity index (χ4v) is 3.22. The highest BCUT2D eigenvalue weighted by molar-refractivity contribution is 6.35. The Kier molecular flexibility index (Phi) is 7.42. The summed E-state index contributed by atoms with van der Waals surface area (Å²) in [6.45, 7) is 0.398. The van der Waals surface area contributed by atoms with Gasteiger partial charge in [0, 0.05) is 15.6 Å². The molecule has 0 atom stereocenters. The lowest BCUT2D eigenvalue weighted by atomic mass is 10.1. The smallest absolute Gasteiger partial charge is 0.262 e. The Balaban J connectivity index is 1.66. The SMILES string of the molecule is N#CC(=Cc1ccc(OCc2ccc(Cl)cc2Cl)c(Cl)c1)C(=O)NCc1ccco1. The maximum absolute atomic E-state index is 12.2. The highest BCUT2D eigenvalue weighted by Crippen LogP contribution is 2.29. The van der Waals surface area contributed by atoms with Crippen LogP contribution >= 0.6 is 34.8 Å². The predicted octanol–water partition coefficient (Wildman–Crippen LogP) is 6.04. The Morgan fingerprint density at radius 3 is 2.63 bits per heavy atom. The quantitative estimate of drug-likeness (QED) is 0.344. The number of hydrogen-bond donors (Lipinski definition) is 1. The van der Waals surface area contributed by atoms with E-state index >= 15 is 0 Å². The van der Waals surface area contributed by atoms with Crippen molar-refractivity contribution in [1.82, 2.24) is 5.32 Å². The van der Waals surface area contributed by atoms with Crippen LogP contribution in [0.3, 0.4) is 0 Å². The first-order valence-electron chi connectivity index (χ1n) is 8.75. The molecule has 0 fully saturated rings. The lowest BCUT2D eigenvalue weighted by Gasteiger charge is -2.10. The number of ether oxygens (including phenoxy) is 1. The molecule has 30 heavy (non-hydrogen) atoms. The van der Waals surface area contributed by atoms with Gasteiger partial charge in [0.2, 0.25) is 0 Å². The zero-order chi connectivity index (χ0) is 21.5. The monoisotopic (exact) mass is 460 g/mol. The maximum Gasteiger partial charge on any atom is 0.262 e. The molecule has 8 heteroatoms. The number of amides is 1. The zero-order valence-electron chi connectivity index (χ0n) is 15.5. The summed E-state index contributed by atoms with van der Waals surface area (Å²) in [6.07, 6.45) is 2.96. The third-order valence-electron chi connectivity index (χ3n) is 4.03. The first-order chi connectivity index (χ1) is 14.5. The van der Waals surface area contributed by atoms with E-state index in [2.05, 4.69) is 5.32 Å². The summed E-state index contributed by atoms with van der Waals surface area (Å²) in [5.74, 6) is 0.523. The number of carbonyl (C=O) groups is 1. The van der Waals surface area contributed by atoms with E-state index in [1.54, 1.807) is 48.5 Å². The van der Waals surface area contributed by atoms with Gasteiger partial charge in [0.25, 0.3) is 5.91 Å². The molecule has 1 N–H and O–H groups in total. The Hall–Kier alpha value is -2.91. The second-order valence-electron chi connectivity index (χ2n) is 6.15. The minimum atomic E-state index is -0.511. The molecule has 0 saturated heterocycles. The number of hydrogen-bond acceptors (Lipinski definition) is 4. The largest absolute Gasteiger partial charge is 0.487 e. The Morgan fingerprint density at radius 1 is 1.13 bits per heavy atom. The molecular formula is C22H15Cl3N2O3. The molecule has 3 aromatic rings. The highest BCUT2D eigenvalue weighted by atomic mass is 35.5. The number of nitrogens with zero attached hydrogens (tertiary/aromatic N) is 1. The molecule has 3 rings (SSSR count). The molecule has 0 spiro atoms. The van der Waals surface area contributed by atoms with Gasteiger partial charge in [0.1, 0.15) is 29.8 Å². The maximum atomic E-state index is 12.2. The third kappa shape index (κ3) is 5.80. The summed E-state index contributed by atoms with van der Waals surface area (Å²) in [5.41, 5.74) is 1.29.